The van der Waals surface area contributed by atoms with Gasteiger partial charge < -0.3 is 24.4 Å². The van der Waals surface area contributed by atoms with Crippen LogP contribution < -0.4 is 14.8 Å². The third kappa shape index (κ3) is 7.46. The van der Waals surface area contributed by atoms with Crippen molar-refractivity contribution in [2.24, 2.45) is 0 Å². The van der Waals surface area contributed by atoms with Gasteiger partial charge in [0, 0.05) is 18.7 Å². The molecule has 0 heterocycles. The van der Waals surface area contributed by atoms with Crippen molar-refractivity contribution in [3.63, 3.8) is 0 Å². The number of ether oxygens (including phenoxy) is 3. The quantitative estimate of drug-likeness (QED) is 0.461. The number of hydrogen-bond donors (Lipinski definition) is 1. The van der Waals surface area contributed by atoms with Crippen molar-refractivity contribution in [3.8, 4) is 11.5 Å². The predicted octanol–water partition coefficient (Wildman–Crippen LogP) is 2.50. The smallest absolute Gasteiger partial charge is 0.343 e. The summed E-state index contributed by atoms with van der Waals surface area (Å²) in [6.07, 6.45) is 0.840. The molecule has 7 heteroatoms. The van der Waals surface area contributed by atoms with Crippen LogP contribution in [0.4, 0.5) is 0 Å². The van der Waals surface area contributed by atoms with Gasteiger partial charge in [0.1, 0.15) is 0 Å². The van der Waals surface area contributed by atoms with Gasteiger partial charge in [0.15, 0.2) is 18.1 Å². The summed E-state index contributed by atoms with van der Waals surface area (Å²) in [5, 5.41) is 2.91. The first kappa shape index (κ1) is 22.2. The molecule has 0 unspecified atom stereocenters. The maximum atomic E-state index is 12.4. The van der Waals surface area contributed by atoms with Crippen molar-refractivity contribution < 1.29 is 23.8 Å². The maximum absolute atomic E-state index is 12.4. The van der Waals surface area contributed by atoms with Gasteiger partial charge in [-0.15, -0.1) is 0 Å². The van der Waals surface area contributed by atoms with E-state index in [1.165, 1.54) is 19.8 Å². The zero-order valence-corrected chi connectivity index (χ0v) is 17.1. The number of nitrogens with one attached hydrogen (secondary N) is 1. The Balaban J connectivity index is 1.78. The second-order valence-corrected chi connectivity index (χ2v) is 6.56. The molecule has 156 valence electrons. The lowest BCUT2D eigenvalue weighted by atomic mass is 10.2. The number of carbonyl (C=O) groups is 2. The van der Waals surface area contributed by atoms with Crippen molar-refractivity contribution in [1.29, 1.82) is 0 Å². The molecule has 7 nitrogen and oxygen atoms in total. The van der Waals surface area contributed by atoms with Crippen LogP contribution in [0, 0.1) is 0 Å². The maximum Gasteiger partial charge on any atom is 0.343 e. The van der Waals surface area contributed by atoms with Gasteiger partial charge in [0.25, 0.3) is 5.91 Å². The molecule has 0 fully saturated rings. The summed E-state index contributed by atoms with van der Waals surface area (Å²) < 4.78 is 15.1. The largest absolute Gasteiger partial charge is 0.493 e. The van der Waals surface area contributed by atoms with Crippen LogP contribution in [-0.4, -0.2) is 57.7 Å². The van der Waals surface area contributed by atoms with Crippen LogP contribution in [0.1, 0.15) is 22.3 Å². The highest BCUT2D eigenvalue weighted by atomic mass is 16.6. The Morgan fingerprint density at radius 1 is 1.03 bits per heavy atom. The minimum Gasteiger partial charge on any atom is -0.493 e. The van der Waals surface area contributed by atoms with Crippen LogP contribution in [0.2, 0.25) is 0 Å². The Morgan fingerprint density at radius 3 is 2.48 bits per heavy atom. The molecule has 0 saturated heterocycles. The van der Waals surface area contributed by atoms with E-state index < -0.39 is 5.97 Å². The topological polar surface area (TPSA) is 77.1 Å². The molecule has 0 atom stereocenters. The van der Waals surface area contributed by atoms with E-state index in [0.29, 0.717) is 23.6 Å². The predicted molar refractivity (Wildman–Crippen MR) is 110 cm³/mol. The number of nitrogens with zero attached hydrogens (tertiary/aromatic N) is 1. The second kappa shape index (κ2) is 11.7. The van der Waals surface area contributed by atoms with E-state index in [9.17, 15) is 9.59 Å². The summed E-state index contributed by atoms with van der Waals surface area (Å²) in [6.45, 7) is 2.09. The number of amides is 1. The van der Waals surface area contributed by atoms with Crippen molar-refractivity contribution in [3.05, 3.63) is 59.7 Å². The Morgan fingerprint density at radius 2 is 1.79 bits per heavy atom. The molecule has 0 saturated carbocycles. The van der Waals surface area contributed by atoms with E-state index in [1.807, 2.05) is 18.2 Å². The minimum absolute atomic E-state index is 0.187. The Kier molecular flexibility index (Phi) is 8.98. The van der Waals surface area contributed by atoms with Gasteiger partial charge in [-0.1, -0.05) is 30.3 Å². The number of carbonyl (C=O) groups excluding carboxylic acids is 2. The van der Waals surface area contributed by atoms with Gasteiger partial charge in [-0.05, 0) is 43.8 Å². The summed E-state index contributed by atoms with van der Waals surface area (Å²) in [6, 6.07) is 15.1. The molecule has 0 radical (unpaired) electrons. The van der Waals surface area contributed by atoms with Crippen molar-refractivity contribution in [2.45, 2.75) is 13.0 Å². The molecule has 0 spiro atoms. The first-order valence-electron chi connectivity index (χ1n) is 9.41. The van der Waals surface area contributed by atoms with E-state index in [-0.39, 0.29) is 12.5 Å². The molecule has 0 aliphatic carbocycles. The Labute approximate surface area is 171 Å². The number of rotatable bonds is 11. The molecule has 2 rings (SSSR count). The Hall–Kier alpha value is -3.06. The molecule has 1 amide bonds. The monoisotopic (exact) mass is 400 g/mol. The van der Waals surface area contributed by atoms with E-state index in [0.717, 1.165) is 19.5 Å². The highest BCUT2D eigenvalue weighted by Crippen LogP contribution is 2.28. The average Bonchev–Trinajstić information content (AvgIpc) is 2.75. The van der Waals surface area contributed by atoms with Crippen molar-refractivity contribution >= 4 is 11.9 Å². The molecule has 2 aromatic rings. The summed E-state index contributed by atoms with van der Waals surface area (Å²) >= 11 is 0. The molecule has 0 aliphatic rings. The third-order valence-electron chi connectivity index (χ3n) is 4.30. The first-order chi connectivity index (χ1) is 14.0. The van der Waals surface area contributed by atoms with E-state index in [4.69, 9.17) is 9.47 Å². The number of esters is 1. The van der Waals surface area contributed by atoms with Gasteiger partial charge in [0.05, 0.1) is 14.2 Å². The fourth-order valence-electron chi connectivity index (χ4n) is 2.75. The van der Waals surface area contributed by atoms with Gasteiger partial charge in [-0.2, -0.15) is 0 Å². The van der Waals surface area contributed by atoms with Crippen molar-refractivity contribution in [2.75, 3.05) is 41.0 Å². The highest BCUT2D eigenvalue weighted by Gasteiger charge is 2.12. The fourth-order valence-corrected chi connectivity index (χ4v) is 2.75. The van der Waals surface area contributed by atoms with Gasteiger partial charge in [0.2, 0.25) is 0 Å². The molecule has 0 bridgehead atoms. The fraction of sp³-hybridized carbons (Fsp3) is 0.364. The van der Waals surface area contributed by atoms with Crippen LogP contribution in [0.15, 0.2) is 48.5 Å². The van der Waals surface area contributed by atoms with Crippen LogP contribution in [0.3, 0.4) is 0 Å². The lowest BCUT2D eigenvalue weighted by Gasteiger charge is -2.17. The minimum atomic E-state index is -0.494. The summed E-state index contributed by atoms with van der Waals surface area (Å²) in [7, 11) is 4.83. The zero-order valence-electron chi connectivity index (χ0n) is 17.1. The van der Waals surface area contributed by atoms with E-state index in [2.05, 4.69) is 34.1 Å². The van der Waals surface area contributed by atoms with Crippen molar-refractivity contribution in [1.82, 2.24) is 10.2 Å². The van der Waals surface area contributed by atoms with Gasteiger partial charge in [-0.3, -0.25) is 4.79 Å². The summed E-state index contributed by atoms with van der Waals surface area (Å²) in [5.74, 6) is 0.0702. The lowest BCUT2D eigenvalue weighted by molar-refractivity contribution is -0.142. The molecule has 0 aromatic heterocycles. The third-order valence-corrected chi connectivity index (χ3v) is 4.30. The van der Waals surface area contributed by atoms with Gasteiger partial charge >= 0.3 is 5.97 Å². The molecular weight excluding hydrogens is 372 g/mol. The van der Waals surface area contributed by atoms with E-state index >= 15 is 0 Å². The number of methoxy groups -OCH3 is 2. The van der Waals surface area contributed by atoms with E-state index in [1.54, 1.807) is 18.2 Å². The van der Waals surface area contributed by atoms with Crippen LogP contribution in [-0.2, 0) is 16.1 Å². The zero-order chi connectivity index (χ0) is 21.1. The second-order valence-electron chi connectivity index (χ2n) is 6.56. The SMILES string of the molecule is COC(=O)COc1ccc(C(=O)NCCCN(C)Cc2ccccc2)cc1OC. The first-order valence-corrected chi connectivity index (χ1v) is 9.41. The molecule has 0 aliphatic heterocycles. The normalized spacial score (nSPS) is 10.5. The highest BCUT2D eigenvalue weighted by molar-refractivity contribution is 5.94. The summed E-state index contributed by atoms with van der Waals surface area (Å²) in [4.78, 5) is 25.8. The van der Waals surface area contributed by atoms with Crippen LogP contribution in [0.25, 0.3) is 0 Å². The number of benzene rings is 2. The van der Waals surface area contributed by atoms with Crippen LogP contribution in [0.5, 0.6) is 11.5 Å². The standard InChI is InChI=1S/C22H28N2O5/c1-24(15-17-8-5-4-6-9-17)13-7-12-23-22(26)18-10-11-19(20(14-18)27-2)29-16-21(25)28-3/h4-6,8-11,14H,7,12-13,15-16H2,1-3H3,(H,23,26). The Bertz CT molecular complexity index is 795. The van der Waals surface area contributed by atoms with Gasteiger partial charge in [-0.25, -0.2) is 4.79 Å². The van der Waals surface area contributed by atoms with Crippen LogP contribution >= 0.6 is 0 Å². The molecule has 2 aromatic carbocycles. The summed E-state index contributed by atoms with van der Waals surface area (Å²) in [5.41, 5.74) is 1.73. The molecular formula is C22H28N2O5. The number of hydrogen-bond acceptors (Lipinski definition) is 6. The molecule has 29 heavy (non-hydrogen) atoms. The molecule has 1 N–H and O–H groups in total. The average molecular weight is 400 g/mol. The lowest BCUT2D eigenvalue weighted by Crippen LogP contribution is -2.28.